The molecule has 0 atom stereocenters. The van der Waals surface area contributed by atoms with E-state index in [-0.39, 0.29) is 19.1 Å². The average Bonchev–Trinajstić information content (AvgIpc) is 2.87. The number of aromatic nitrogens is 2. The van der Waals surface area contributed by atoms with Gasteiger partial charge in [0.1, 0.15) is 0 Å². The lowest BCUT2D eigenvalue weighted by atomic mass is 10.3. The molecule has 1 aromatic heterocycles. The molecule has 3 N–H and O–H groups in total. The Balaban J connectivity index is 2.22. The second-order valence-electron chi connectivity index (χ2n) is 4.19. The van der Waals surface area contributed by atoms with Crippen LogP contribution in [-0.2, 0) is 0 Å². The minimum atomic E-state index is -0.225. The number of benzene rings is 1. The number of nitrogen functional groups attached to an aromatic ring is 1. The maximum atomic E-state index is 12.0. The van der Waals surface area contributed by atoms with Crippen molar-refractivity contribution < 1.29 is 9.90 Å². The highest BCUT2D eigenvalue weighted by atomic mass is 16.3. The Kier molecular flexibility index (Phi) is 3.82. The second-order valence-corrected chi connectivity index (χ2v) is 4.19. The molecule has 19 heavy (non-hydrogen) atoms. The first-order chi connectivity index (χ1) is 9.11. The molecule has 0 bridgehead atoms. The third-order valence-electron chi connectivity index (χ3n) is 2.73. The summed E-state index contributed by atoms with van der Waals surface area (Å²) in [6, 6.07) is 8.88. The van der Waals surface area contributed by atoms with Gasteiger partial charge in [0.15, 0.2) is 5.69 Å². The van der Waals surface area contributed by atoms with E-state index in [9.17, 15) is 4.79 Å². The number of aliphatic hydroxyl groups excluding tert-OH is 1. The molecule has 6 heteroatoms. The first-order valence-corrected chi connectivity index (χ1v) is 5.89. The Labute approximate surface area is 111 Å². The van der Waals surface area contributed by atoms with Crippen LogP contribution in [0, 0.1) is 0 Å². The van der Waals surface area contributed by atoms with Crippen molar-refractivity contribution in [1.29, 1.82) is 0 Å². The molecule has 1 amide bonds. The van der Waals surface area contributed by atoms with Gasteiger partial charge < -0.3 is 15.7 Å². The number of nitrogens with zero attached hydrogens (tertiary/aromatic N) is 3. The number of carbonyl (C=O) groups excluding carboxylic acids is 1. The quantitative estimate of drug-likeness (QED) is 0.785. The molecular formula is C13H16N4O2. The van der Waals surface area contributed by atoms with Crippen LogP contribution in [0.25, 0.3) is 5.69 Å². The number of hydrogen-bond donors (Lipinski definition) is 2. The second kappa shape index (κ2) is 5.53. The van der Waals surface area contributed by atoms with Gasteiger partial charge >= 0.3 is 0 Å². The predicted molar refractivity (Wildman–Crippen MR) is 72.0 cm³/mol. The summed E-state index contributed by atoms with van der Waals surface area (Å²) in [6.07, 6.45) is 1.70. The molecule has 100 valence electrons. The number of carbonyl (C=O) groups is 1. The van der Waals surface area contributed by atoms with Crippen LogP contribution in [-0.4, -0.2) is 45.9 Å². The van der Waals surface area contributed by atoms with Crippen LogP contribution in [0.5, 0.6) is 0 Å². The van der Waals surface area contributed by atoms with Crippen LogP contribution in [0.2, 0.25) is 0 Å². The molecule has 0 radical (unpaired) electrons. The highest BCUT2D eigenvalue weighted by Gasteiger charge is 2.14. The first-order valence-electron chi connectivity index (χ1n) is 5.89. The Morgan fingerprint density at radius 2 is 2.26 bits per heavy atom. The molecule has 0 aliphatic heterocycles. The van der Waals surface area contributed by atoms with Gasteiger partial charge in [-0.25, -0.2) is 4.68 Å². The molecule has 0 aliphatic rings. The van der Waals surface area contributed by atoms with Gasteiger partial charge in [0.05, 0.1) is 12.3 Å². The summed E-state index contributed by atoms with van der Waals surface area (Å²) in [7, 11) is 1.62. The molecule has 2 aromatic rings. The maximum absolute atomic E-state index is 12.0. The van der Waals surface area contributed by atoms with Gasteiger partial charge in [-0.05, 0) is 24.3 Å². The number of rotatable bonds is 4. The van der Waals surface area contributed by atoms with Crippen molar-refractivity contribution in [3.63, 3.8) is 0 Å². The zero-order chi connectivity index (χ0) is 13.8. The standard InChI is InChI=1S/C13H16N4O2/c1-16(7-8-18)13(19)12-5-6-17(15-12)11-4-2-3-10(14)9-11/h2-6,9,18H,7-8,14H2,1H3. The number of amides is 1. The predicted octanol–water partition coefficient (Wildman–Crippen LogP) is 0.519. The van der Waals surface area contributed by atoms with Crippen molar-refractivity contribution in [2.75, 3.05) is 25.9 Å². The van der Waals surface area contributed by atoms with E-state index in [2.05, 4.69) is 5.10 Å². The molecule has 0 fully saturated rings. The van der Waals surface area contributed by atoms with Gasteiger partial charge in [-0.3, -0.25) is 4.79 Å². The van der Waals surface area contributed by atoms with Gasteiger partial charge in [-0.2, -0.15) is 5.10 Å². The fourth-order valence-electron chi connectivity index (χ4n) is 1.70. The SMILES string of the molecule is CN(CCO)C(=O)c1ccn(-c2cccc(N)c2)n1. The lowest BCUT2D eigenvalue weighted by Gasteiger charge is -2.13. The van der Waals surface area contributed by atoms with E-state index >= 15 is 0 Å². The summed E-state index contributed by atoms with van der Waals surface area (Å²) in [5.41, 5.74) is 7.47. The minimum Gasteiger partial charge on any atom is -0.399 e. The van der Waals surface area contributed by atoms with Gasteiger partial charge in [0, 0.05) is 25.5 Å². The topological polar surface area (TPSA) is 84.4 Å². The van der Waals surface area contributed by atoms with Crippen molar-refractivity contribution in [2.45, 2.75) is 0 Å². The summed E-state index contributed by atoms with van der Waals surface area (Å²) in [5.74, 6) is -0.225. The molecule has 0 spiro atoms. The largest absolute Gasteiger partial charge is 0.399 e. The molecule has 1 heterocycles. The Morgan fingerprint density at radius 1 is 1.47 bits per heavy atom. The number of aliphatic hydroxyl groups is 1. The van der Waals surface area contributed by atoms with E-state index in [1.165, 1.54) is 4.90 Å². The van der Waals surface area contributed by atoms with Crippen LogP contribution in [0.3, 0.4) is 0 Å². The molecular weight excluding hydrogens is 244 g/mol. The maximum Gasteiger partial charge on any atom is 0.274 e. The zero-order valence-corrected chi connectivity index (χ0v) is 10.7. The highest BCUT2D eigenvalue weighted by molar-refractivity contribution is 5.92. The van der Waals surface area contributed by atoms with Crippen LogP contribution >= 0.6 is 0 Å². The van der Waals surface area contributed by atoms with Crippen molar-refractivity contribution in [1.82, 2.24) is 14.7 Å². The number of hydrogen-bond acceptors (Lipinski definition) is 4. The molecule has 1 aromatic carbocycles. The third kappa shape index (κ3) is 2.92. The lowest BCUT2D eigenvalue weighted by molar-refractivity contribution is 0.0760. The fraction of sp³-hybridized carbons (Fsp3) is 0.231. The van der Waals surface area contributed by atoms with Crippen LogP contribution in [0.15, 0.2) is 36.5 Å². The molecule has 0 saturated carbocycles. The smallest absolute Gasteiger partial charge is 0.274 e. The van der Waals surface area contributed by atoms with E-state index < -0.39 is 0 Å². The first kappa shape index (κ1) is 13.1. The lowest BCUT2D eigenvalue weighted by Crippen LogP contribution is -2.29. The fourth-order valence-corrected chi connectivity index (χ4v) is 1.70. The molecule has 0 unspecified atom stereocenters. The van der Waals surface area contributed by atoms with E-state index in [0.29, 0.717) is 11.4 Å². The van der Waals surface area contributed by atoms with Crippen molar-refractivity contribution in [3.8, 4) is 5.69 Å². The normalized spacial score (nSPS) is 10.4. The zero-order valence-electron chi connectivity index (χ0n) is 10.7. The van der Waals surface area contributed by atoms with E-state index in [0.717, 1.165) is 5.69 Å². The van der Waals surface area contributed by atoms with Gasteiger partial charge in [-0.1, -0.05) is 6.07 Å². The third-order valence-corrected chi connectivity index (χ3v) is 2.73. The van der Waals surface area contributed by atoms with Crippen LogP contribution in [0.1, 0.15) is 10.5 Å². The van der Waals surface area contributed by atoms with E-state index in [1.54, 1.807) is 36.1 Å². The minimum absolute atomic E-state index is 0.0713. The monoisotopic (exact) mass is 260 g/mol. The summed E-state index contributed by atoms with van der Waals surface area (Å²) < 4.78 is 1.59. The number of nitrogens with two attached hydrogens (primary N) is 1. The van der Waals surface area contributed by atoms with Crippen molar-refractivity contribution in [2.24, 2.45) is 0 Å². The van der Waals surface area contributed by atoms with Crippen LogP contribution < -0.4 is 5.73 Å². The van der Waals surface area contributed by atoms with Gasteiger partial charge in [-0.15, -0.1) is 0 Å². The van der Waals surface area contributed by atoms with Gasteiger partial charge in [0.25, 0.3) is 5.91 Å². The summed E-state index contributed by atoms with van der Waals surface area (Å²) in [6.45, 7) is 0.210. The summed E-state index contributed by atoms with van der Waals surface area (Å²) in [4.78, 5) is 13.4. The number of likely N-dealkylation sites (N-methyl/N-ethyl adjacent to an activating group) is 1. The number of anilines is 1. The highest BCUT2D eigenvalue weighted by Crippen LogP contribution is 2.12. The Morgan fingerprint density at radius 3 is 2.95 bits per heavy atom. The average molecular weight is 260 g/mol. The molecule has 0 aliphatic carbocycles. The van der Waals surface area contributed by atoms with E-state index in [1.807, 2.05) is 12.1 Å². The molecule has 0 saturated heterocycles. The summed E-state index contributed by atoms with van der Waals surface area (Å²) in [5, 5.41) is 13.0. The Hall–Kier alpha value is -2.34. The Bertz CT molecular complexity index is 580. The molecule has 2 rings (SSSR count). The molecule has 6 nitrogen and oxygen atoms in total. The van der Waals surface area contributed by atoms with Crippen molar-refractivity contribution in [3.05, 3.63) is 42.2 Å². The van der Waals surface area contributed by atoms with E-state index in [4.69, 9.17) is 10.8 Å². The van der Waals surface area contributed by atoms with Crippen molar-refractivity contribution >= 4 is 11.6 Å². The summed E-state index contributed by atoms with van der Waals surface area (Å²) >= 11 is 0. The van der Waals surface area contributed by atoms with Crippen LogP contribution in [0.4, 0.5) is 5.69 Å². The van der Waals surface area contributed by atoms with Gasteiger partial charge in [0.2, 0.25) is 0 Å².